The van der Waals surface area contributed by atoms with Crippen molar-refractivity contribution < 1.29 is 17.9 Å². The summed E-state index contributed by atoms with van der Waals surface area (Å²) >= 11 is 0. The van der Waals surface area contributed by atoms with E-state index >= 15 is 0 Å². The number of fused-ring (bicyclic) bond motifs is 1. The largest absolute Gasteiger partial charge is 0.507 e. The summed E-state index contributed by atoms with van der Waals surface area (Å²) in [6.07, 6.45) is 7.24. The minimum atomic E-state index is -3.81. The van der Waals surface area contributed by atoms with Gasteiger partial charge in [-0.15, -0.1) is 0 Å². The molecule has 1 heterocycles. The fourth-order valence-electron chi connectivity index (χ4n) is 4.99. The second kappa shape index (κ2) is 9.29. The monoisotopic (exact) mass is 479 g/mol. The third-order valence-corrected chi connectivity index (χ3v) is 8.23. The van der Waals surface area contributed by atoms with Crippen LogP contribution < -0.4 is 10.3 Å². The Morgan fingerprint density at radius 3 is 2.41 bits per heavy atom. The van der Waals surface area contributed by atoms with E-state index in [0.29, 0.717) is 29.9 Å². The van der Waals surface area contributed by atoms with Crippen molar-refractivity contribution in [2.75, 3.05) is 4.72 Å². The average Bonchev–Trinajstić information content (AvgIpc) is 3.63. The fraction of sp³-hybridized carbons (Fsp3) is 0.370. The Hall–Kier alpha value is -3.06. The zero-order valence-electron chi connectivity index (χ0n) is 19.0. The molecule has 2 aromatic carbocycles. The van der Waals surface area contributed by atoms with Gasteiger partial charge in [0.15, 0.2) is 0 Å². The van der Waals surface area contributed by atoms with E-state index in [1.807, 2.05) is 12.1 Å². The Kier molecular flexibility index (Phi) is 6.21. The number of para-hydroxylation sites is 1. The molecule has 2 N–H and O–H groups in total. The molecule has 1 aromatic heterocycles. The van der Waals surface area contributed by atoms with Gasteiger partial charge in [0, 0.05) is 23.6 Å². The van der Waals surface area contributed by atoms with Gasteiger partial charge in [0.1, 0.15) is 11.5 Å². The van der Waals surface area contributed by atoms with Gasteiger partial charge in [0.05, 0.1) is 10.5 Å². The summed E-state index contributed by atoms with van der Waals surface area (Å²) in [5.41, 5.74) is 1.68. The van der Waals surface area contributed by atoms with Crippen molar-refractivity contribution in [1.82, 2.24) is 0 Å². The summed E-state index contributed by atoms with van der Waals surface area (Å²) in [5.74, 6) is 0.406. The normalized spacial score (nSPS) is 17.3. The Morgan fingerprint density at radius 1 is 0.941 bits per heavy atom. The maximum absolute atomic E-state index is 13.1. The lowest BCUT2D eigenvalue weighted by molar-refractivity contribution is 0.382. The van der Waals surface area contributed by atoms with Gasteiger partial charge in [-0.2, -0.15) is 0 Å². The molecule has 178 valence electrons. The SMILES string of the molecule is O=c1oc2c(c(O)c1C(c1cccc(S(=O)(=O)Nc3ccccc3)c1)C1CC1)CCCCCC2. The van der Waals surface area contributed by atoms with Crippen LogP contribution in [0, 0.1) is 5.92 Å². The highest BCUT2D eigenvalue weighted by Gasteiger charge is 2.38. The van der Waals surface area contributed by atoms with E-state index < -0.39 is 21.6 Å². The Balaban J connectivity index is 1.55. The van der Waals surface area contributed by atoms with Crippen molar-refractivity contribution >= 4 is 15.7 Å². The van der Waals surface area contributed by atoms with Crippen molar-refractivity contribution in [2.24, 2.45) is 5.92 Å². The van der Waals surface area contributed by atoms with E-state index in [9.17, 15) is 18.3 Å². The zero-order chi connectivity index (χ0) is 23.7. The van der Waals surface area contributed by atoms with Crippen LogP contribution in [-0.2, 0) is 22.9 Å². The molecule has 1 unspecified atom stereocenters. The molecule has 0 amide bonds. The van der Waals surface area contributed by atoms with Gasteiger partial charge in [0.25, 0.3) is 10.0 Å². The molecule has 0 spiro atoms. The quantitative estimate of drug-likeness (QED) is 0.497. The summed E-state index contributed by atoms with van der Waals surface area (Å²) < 4.78 is 34.5. The fourth-order valence-corrected chi connectivity index (χ4v) is 6.11. The standard InChI is InChI=1S/C27H29NO5S/c29-26-22-13-6-1-2-7-14-23(22)33-27(30)25(26)24(18-15-16-18)19-9-8-12-21(17-19)34(31,32)28-20-10-4-3-5-11-20/h3-5,8-12,17-18,24,28-29H,1-2,6-7,13-16H2. The number of aryl methyl sites for hydroxylation is 1. The summed E-state index contributed by atoms with van der Waals surface area (Å²) in [6, 6.07) is 15.4. The number of rotatable bonds is 6. The van der Waals surface area contributed by atoms with Gasteiger partial charge in [-0.3, -0.25) is 4.72 Å². The van der Waals surface area contributed by atoms with Gasteiger partial charge in [-0.25, -0.2) is 13.2 Å². The van der Waals surface area contributed by atoms with Crippen LogP contribution in [0.2, 0.25) is 0 Å². The van der Waals surface area contributed by atoms with Gasteiger partial charge in [-0.05, 0) is 67.9 Å². The van der Waals surface area contributed by atoms with Crippen molar-refractivity contribution in [3.05, 3.63) is 87.5 Å². The first-order valence-corrected chi connectivity index (χ1v) is 13.5. The second-order valence-electron chi connectivity index (χ2n) is 9.33. The molecule has 1 saturated carbocycles. The number of hydrogen-bond donors (Lipinski definition) is 2. The first kappa shape index (κ1) is 22.7. The minimum absolute atomic E-state index is 0.0423. The highest BCUT2D eigenvalue weighted by Crippen LogP contribution is 2.49. The first-order chi connectivity index (χ1) is 16.4. The van der Waals surface area contributed by atoms with E-state index in [1.54, 1.807) is 42.5 Å². The molecule has 1 fully saturated rings. The predicted molar refractivity (Wildman–Crippen MR) is 131 cm³/mol. The number of aromatic hydroxyl groups is 1. The number of nitrogens with one attached hydrogen (secondary N) is 1. The lowest BCUT2D eigenvalue weighted by atomic mass is 9.85. The van der Waals surface area contributed by atoms with Crippen LogP contribution in [0.5, 0.6) is 5.75 Å². The molecule has 0 saturated heterocycles. The van der Waals surface area contributed by atoms with Crippen LogP contribution in [0.3, 0.4) is 0 Å². The number of benzene rings is 2. The maximum Gasteiger partial charge on any atom is 0.343 e. The molecule has 3 aromatic rings. The third-order valence-electron chi connectivity index (χ3n) is 6.85. The van der Waals surface area contributed by atoms with Crippen LogP contribution in [0.4, 0.5) is 5.69 Å². The lowest BCUT2D eigenvalue weighted by Gasteiger charge is -2.22. The van der Waals surface area contributed by atoms with Crippen molar-refractivity contribution in [2.45, 2.75) is 62.2 Å². The van der Waals surface area contributed by atoms with Crippen LogP contribution in [0.15, 0.2) is 68.7 Å². The molecular formula is C27H29NO5S. The van der Waals surface area contributed by atoms with E-state index in [2.05, 4.69) is 4.72 Å². The van der Waals surface area contributed by atoms with Crippen LogP contribution in [0.25, 0.3) is 0 Å². The summed E-state index contributed by atoms with van der Waals surface area (Å²) in [7, 11) is -3.81. The molecular weight excluding hydrogens is 450 g/mol. The van der Waals surface area contributed by atoms with Crippen molar-refractivity contribution in [3.63, 3.8) is 0 Å². The molecule has 0 radical (unpaired) electrons. The average molecular weight is 480 g/mol. The number of anilines is 1. The van der Waals surface area contributed by atoms with Gasteiger partial charge >= 0.3 is 5.63 Å². The molecule has 1 atom stereocenters. The minimum Gasteiger partial charge on any atom is -0.507 e. The molecule has 2 aliphatic carbocycles. The Morgan fingerprint density at radius 2 is 1.68 bits per heavy atom. The highest BCUT2D eigenvalue weighted by atomic mass is 32.2. The topological polar surface area (TPSA) is 96.6 Å². The van der Waals surface area contributed by atoms with E-state index in [1.165, 1.54) is 0 Å². The molecule has 2 aliphatic rings. The van der Waals surface area contributed by atoms with Gasteiger partial charge in [0.2, 0.25) is 0 Å². The van der Waals surface area contributed by atoms with Crippen LogP contribution in [-0.4, -0.2) is 13.5 Å². The molecule has 6 nitrogen and oxygen atoms in total. The van der Waals surface area contributed by atoms with E-state index in [-0.39, 0.29) is 22.1 Å². The predicted octanol–water partition coefficient (Wildman–Crippen LogP) is 5.35. The Labute approximate surface area is 199 Å². The third kappa shape index (κ3) is 4.62. The molecule has 0 aliphatic heterocycles. The van der Waals surface area contributed by atoms with Crippen molar-refractivity contribution in [3.8, 4) is 5.75 Å². The highest BCUT2D eigenvalue weighted by molar-refractivity contribution is 7.92. The zero-order valence-corrected chi connectivity index (χ0v) is 19.8. The van der Waals surface area contributed by atoms with Crippen LogP contribution in [0.1, 0.15) is 66.9 Å². The number of hydrogen-bond acceptors (Lipinski definition) is 5. The summed E-state index contributed by atoms with van der Waals surface area (Å²) in [5, 5.41) is 11.3. The lowest BCUT2D eigenvalue weighted by Crippen LogP contribution is -2.19. The van der Waals surface area contributed by atoms with E-state index in [0.717, 1.165) is 44.1 Å². The first-order valence-electron chi connectivity index (χ1n) is 12.0. The molecule has 34 heavy (non-hydrogen) atoms. The second-order valence-corrected chi connectivity index (χ2v) is 11.0. The number of sulfonamides is 1. The molecule has 7 heteroatoms. The van der Waals surface area contributed by atoms with Crippen LogP contribution >= 0.6 is 0 Å². The molecule has 5 rings (SSSR count). The summed E-state index contributed by atoms with van der Waals surface area (Å²) in [6.45, 7) is 0. The Bertz CT molecular complexity index is 1340. The maximum atomic E-state index is 13.1. The smallest absolute Gasteiger partial charge is 0.343 e. The molecule has 0 bridgehead atoms. The summed E-state index contributed by atoms with van der Waals surface area (Å²) in [4.78, 5) is 13.2. The van der Waals surface area contributed by atoms with Gasteiger partial charge in [-0.1, -0.05) is 43.2 Å². The van der Waals surface area contributed by atoms with E-state index in [4.69, 9.17) is 4.42 Å². The van der Waals surface area contributed by atoms with Gasteiger partial charge < -0.3 is 9.52 Å². The van der Waals surface area contributed by atoms with Crippen molar-refractivity contribution in [1.29, 1.82) is 0 Å².